The average molecular weight is 358 g/mol. The predicted octanol–water partition coefficient (Wildman–Crippen LogP) is 3.55. The number of carbonyl (C=O) groups excluding carboxylic acids is 2. The normalized spacial score (nSPS) is 11.6. The number of methoxy groups -OCH3 is 1. The van der Waals surface area contributed by atoms with Gasteiger partial charge in [-0.3, -0.25) is 4.79 Å². The molecule has 0 aliphatic rings. The number of nitrogens with one attached hydrogen (secondary N) is 1. The van der Waals surface area contributed by atoms with Crippen LogP contribution in [0.15, 0.2) is 42.5 Å². The van der Waals surface area contributed by atoms with Crippen molar-refractivity contribution in [2.75, 3.05) is 26.0 Å². The van der Waals surface area contributed by atoms with Crippen LogP contribution >= 0.6 is 0 Å². The number of carbonyl (C=O) groups is 2. The van der Waals surface area contributed by atoms with E-state index in [9.17, 15) is 14.0 Å². The van der Waals surface area contributed by atoms with Crippen molar-refractivity contribution in [2.24, 2.45) is 0 Å². The van der Waals surface area contributed by atoms with Gasteiger partial charge in [0.1, 0.15) is 5.82 Å². The first-order valence-electron chi connectivity index (χ1n) is 8.27. The summed E-state index contributed by atoms with van der Waals surface area (Å²) in [4.78, 5) is 25.7. The number of hydrogen-bond donors (Lipinski definition) is 1. The number of amides is 1. The maximum Gasteiger partial charge on any atom is 0.337 e. The molecule has 0 heterocycles. The largest absolute Gasteiger partial charge is 0.465 e. The van der Waals surface area contributed by atoms with E-state index in [0.717, 1.165) is 11.1 Å². The van der Waals surface area contributed by atoms with Gasteiger partial charge in [-0.25, -0.2) is 9.18 Å². The molecule has 0 aliphatic heterocycles. The topological polar surface area (TPSA) is 58.6 Å². The van der Waals surface area contributed by atoms with E-state index in [1.54, 1.807) is 42.3 Å². The van der Waals surface area contributed by atoms with Gasteiger partial charge in [-0.05, 0) is 49.2 Å². The summed E-state index contributed by atoms with van der Waals surface area (Å²) in [5.74, 6) is -0.858. The van der Waals surface area contributed by atoms with Gasteiger partial charge in [0.25, 0.3) is 0 Å². The number of nitrogens with zero attached hydrogens (tertiary/aromatic N) is 1. The molecule has 0 aliphatic carbocycles. The second kappa shape index (κ2) is 8.47. The average Bonchev–Trinajstić information content (AvgIpc) is 2.65. The summed E-state index contributed by atoms with van der Waals surface area (Å²) >= 11 is 0. The fourth-order valence-electron chi connectivity index (χ4n) is 2.53. The van der Waals surface area contributed by atoms with Crippen molar-refractivity contribution in [1.29, 1.82) is 0 Å². The van der Waals surface area contributed by atoms with Crippen molar-refractivity contribution >= 4 is 17.6 Å². The molecule has 0 saturated heterocycles. The van der Waals surface area contributed by atoms with Crippen molar-refractivity contribution in [2.45, 2.75) is 19.9 Å². The van der Waals surface area contributed by atoms with E-state index in [1.165, 1.54) is 19.2 Å². The highest BCUT2D eigenvalue weighted by Gasteiger charge is 2.17. The lowest BCUT2D eigenvalue weighted by Gasteiger charge is -2.26. The van der Waals surface area contributed by atoms with E-state index in [1.807, 2.05) is 13.8 Å². The van der Waals surface area contributed by atoms with E-state index in [2.05, 4.69) is 5.32 Å². The van der Waals surface area contributed by atoms with Crippen molar-refractivity contribution in [3.63, 3.8) is 0 Å². The van der Waals surface area contributed by atoms with Crippen LogP contribution in [0.1, 0.15) is 34.5 Å². The molecule has 138 valence electrons. The van der Waals surface area contributed by atoms with Crippen LogP contribution in [0.25, 0.3) is 0 Å². The summed E-state index contributed by atoms with van der Waals surface area (Å²) in [6, 6.07) is 11.0. The lowest BCUT2D eigenvalue weighted by Crippen LogP contribution is -2.34. The Morgan fingerprint density at radius 2 is 1.85 bits per heavy atom. The minimum Gasteiger partial charge on any atom is -0.465 e. The molecule has 1 N–H and O–H groups in total. The molecule has 6 heteroatoms. The quantitative estimate of drug-likeness (QED) is 0.803. The maximum atomic E-state index is 13.0. The van der Waals surface area contributed by atoms with E-state index >= 15 is 0 Å². The lowest BCUT2D eigenvalue weighted by molar-refractivity contribution is -0.129. The van der Waals surface area contributed by atoms with Crippen molar-refractivity contribution in [3.8, 4) is 0 Å². The fourth-order valence-corrected chi connectivity index (χ4v) is 2.53. The van der Waals surface area contributed by atoms with Gasteiger partial charge < -0.3 is 15.0 Å². The van der Waals surface area contributed by atoms with Gasteiger partial charge in [0.05, 0.1) is 25.3 Å². The minimum atomic E-state index is -0.429. The Morgan fingerprint density at radius 3 is 2.46 bits per heavy atom. The molecule has 2 rings (SSSR count). The Labute approximate surface area is 152 Å². The maximum absolute atomic E-state index is 13.0. The van der Waals surface area contributed by atoms with Gasteiger partial charge in [0.2, 0.25) is 5.91 Å². The van der Waals surface area contributed by atoms with Crippen LogP contribution in [-0.2, 0) is 9.53 Å². The SMILES string of the molecule is COC(=O)c1ccc(C)c(NCC(=O)N(C)C(C)c2ccc(F)cc2)c1. The van der Waals surface area contributed by atoms with Crippen LogP contribution in [0.3, 0.4) is 0 Å². The number of rotatable bonds is 6. The molecule has 1 unspecified atom stereocenters. The summed E-state index contributed by atoms with van der Waals surface area (Å²) in [6.45, 7) is 3.85. The molecule has 26 heavy (non-hydrogen) atoms. The van der Waals surface area contributed by atoms with Gasteiger partial charge >= 0.3 is 5.97 Å². The van der Waals surface area contributed by atoms with Crippen LogP contribution in [0.2, 0.25) is 0 Å². The number of ether oxygens (including phenoxy) is 1. The van der Waals surface area contributed by atoms with Gasteiger partial charge in [0, 0.05) is 12.7 Å². The summed E-state index contributed by atoms with van der Waals surface area (Å²) in [5.41, 5.74) is 2.89. The second-order valence-corrected chi connectivity index (χ2v) is 6.11. The van der Waals surface area contributed by atoms with E-state index in [4.69, 9.17) is 4.74 Å². The predicted molar refractivity (Wildman–Crippen MR) is 98.6 cm³/mol. The number of anilines is 1. The van der Waals surface area contributed by atoms with Gasteiger partial charge in [-0.15, -0.1) is 0 Å². The van der Waals surface area contributed by atoms with Crippen molar-refractivity contribution in [1.82, 2.24) is 4.90 Å². The lowest BCUT2D eigenvalue weighted by atomic mass is 10.1. The highest BCUT2D eigenvalue weighted by atomic mass is 19.1. The first-order chi connectivity index (χ1) is 12.3. The van der Waals surface area contributed by atoms with Gasteiger partial charge in [-0.1, -0.05) is 18.2 Å². The molecular formula is C20H23FN2O3. The van der Waals surface area contributed by atoms with Gasteiger partial charge in [-0.2, -0.15) is 0 Å². The minimum absolute atomic E-state index is 0.0769. The first kappa shape index (κ1) is 19.4. The smallest absolute Gasteiger partial charge is 0.337 e. The summed E-state index contributed by atoms with van der Waals surface area (Å²) in [6.07, 6.45) is 0. The fraction of sp³-hybridized carbons (Fsp3) is 0.300. The van der Waals surface area contributed by atoms with Crippen LogP contribution < -0.4 is 5.32 Å². The zero-order valence-corrected chi connectivity index (χ0v) is 15.4. The molecule has 1 amide bonds. The Morgan fingerprint density at radius 1 is 1.19 bits per heavy atom. The van der Waals surface area contributed by atoms with Crippen molar-refractivity contribution < 1.29 is 18.7 Å². The second-order valence-electron chi connectivity index (χ2n) is 6.11. The number of esters is 1. The number of benzene rings is 2. The third-order valence-electron chi connectivity index (χ3n) is 4.42. The van der Waals surface area contributed by atoms with Crippen LogP contribution in [0.5, 0.6) is 0 Å². The molecule has 0 spiro atoms. The highest BCUT2D eigenvalue weighted by molar-refractivity contribution is 5.91. The molecule has 2 aromatic rings. The molecule has 5 nitrogen and oxygen atoms in total. The number of halogens is 1. The van der Waals surface area contributed by atoms with Crippen LogP contribution in [0.4, 0.5) is 10.1 Å². The Hall–Kier alpha value is -2.89. The summed E-state index contributed by atoms with van der Waals surface area (Å²) in [7, 11) is 3.03. The molecule has 1 atom stereocenters. The highest BCUT2D eigenvalue weighted by Crippen LogP contribution is 2.20. The molecule has 0 bridgehead atoms. The molecular weight excluding hydrogens is 335 g/mol. The number of likely N-dealkylation sites (N-methyl/N-ethyl adjacent to an activating group) is 1. The monoisotopic (exact) mass is 358 g/mol. The summed E-state index contributed by atoms with van der Waals surface area (Å²) < 4.78 is 17.8. The van der Waals surface area contributed by atoms with E-state index in [0.29, 0.717) is 11.3 Å². The number of hydrogen-bond acceptors (Lipinski definition) is 4. The standard InChI is InChI=1S/C20H23FN2O3/c1-13-5-6-16(20(25)26-4)11-18(13)22-12-19(24)23(3)14(2)15-7-9-17(21)10-8-15/h5-11,14,22H,12H2,1-4H3. The van der Waals surface area contributed by atoms with Crippen molar-refractivity contribution in [3.05, 3.63) is 65.0 Å². The first-order valence-corrected chi connectivity index (χ1v) is 8.27. The molecule has 0 fully saturated rings. The van der Waals surface area contributed by atoms with Crippen LogP contribution in [-0.4, -0.2) is 37.5 Å². The van der Waals surface area contributed by atoms with E-state index < -0.39 is 5.97 Å². The molecule has 0 saturated carbocycles. The zero-order valence-electron chi connectivity index (χ0n) is 15.4. The Balaban J connectivity index is 2.03. The van der Waals surface area contributed by atoms with Crippen LogP contribution in [0, 0.1) is 12.7 Å². The van der Waals surface area contributed by atoms with Gasteiger partial charge in [0.15, 0.2) is 0 Å². The van der Waals surface area contributed by atoms with E-state index in [-0.39, 0.29) is 24.3 Å². The molecule has 0 aromatic heterocycles. The molecule has 2 aromatic carbocycles. The molecule has 0 radical (unpaired) electrons. The number of aryl methyl sites for hydroxylation is 1. The third kappa shape index (κ3) is 4.59. The summed E-state index contributed by atoms with van der Waals surface area (Å²) in [5, 5.41) is 3.07. The zero-order chi connectivity index (χ0) is 19.3. The third-order valence-corrected chi connectivity index (χ3v) is 4.42. The Bertz CT molecular complexity index is 790. The Kier molecular flexibility index (Phi) is 6.33.